The van der Waals surface area contributed by atoms with E-state index in [1.54, 1.807) is 12.1 Å². The van der Waals surface area contributed by atoms with E-state index in [-0.39, 0.29) is 5.82 Å². The van der Waals surface area contributed by atoms with Crippen LogP contribution in [0.4, 0.5) is 10.1 Å². The summed E-state index contributed by atoms with van der Waals surface area (Å²) in [7, 11) is 0. The molecule has 1 saturated heterocycles. The number of fused-ring (bicyclic) bond motifs is 1. The van der Waals surface area contributed by atoms with Crippen molar-refractivity contribution in [2.45, 2.75) is 26.2 Å². The summed E-state index contributed by atoms with van der Waals surface area (Å²) >= 11 is 0. The normalized spacial score (nSPS) is 20.9. The Hall–Kier alpha value is -1.22. The molecule has 96 valence electrons. The van der Waals surface area contributed by atoms with Gasteiger partial charge in [-0.3, -0.25) is 4.99 Å². The molecule has 0 bridgehead atoms. The standard InChI is InChI=1S/C15H19FN2/c1-2-18-7-5-11(6-8-18)15-10-12-9-13(16)3-4-14(12)17-15/h3-4,9,11H,2,5-8,10H2,1H3. The Morgan fingerprint density at radius 3 is 2.83 bits per heavy atom. The van der Waals surface area contributed by atoms with E-state index in [0.29, 0.717) is 5.92 Å². The highest BCUT2D eigenvalue weighted by atomic mass is 19.1. The van der Waals surface area contributed by atoms with Crippen molar-refractivity contribution in [1.82, 2.24) is 4.90 Å². The van der Waals surface area contributed by atoms with Gasteiger partial charge in [-0.25, -0.2) is 4.39 Å². The lowest BCUT2D eigenvalue weighted by Gasteiger charge is -2.31. The van der Waals surface area contributed by atoms with Crippen LogP contribution in [0.5, 0.6) is 0 Å². The highest BCUT2D eigenvalue weighted by Gasteiger charge is 2.26. The van der Waals surface area contributed by atoms with Gasteiger partial charge in [0.15, 0.2) is 0 Å². The Bertz CT molecular complexity index is 473. The van der Waals surface area contributed by atoms with Gasteiger partial charge in [0, 0.05) is 18.1 Å². The quantitative estimate of drug-likeness (QED) is 0.782. The minimum Gasteiger partial charge on any atom is -0.304 e. The zero-order chi connectivity index (χ0) is 12.5. The third-order valence-corrected chi connectivity index (χ3v) is 4.18. The Morgan fingerprint density at radius 2 is 2.11 bits per heavy atom. The molecule has 2 nitrogen and oxygen atoms in total. The van der Waals surface area contributed by atoms with Gasteiger partial charge in [0.2, 0.25) is 0 Å². The zero-order valence-corrected chi connectivity index (χ0v) is 10.8. The van der Waals surface area contributed by atoms with E-state index in [1.807, 2.05) is 0 Å². The topological polar surface area (TPSA) is 15.6 Å². The lowest BCUT2D eigenvalue weighted by molar-refractivity contribution is 0.219. The fraction of sp³-hybridized carbons (Fsp3) is 0.533. The van der Waals surface area contributed by atoms with Crippen molar-refractivity contribution in [3.05, 3.63) is 29.6 Å². The molecule has 1 aromatic rings. The average molecular weight is 246 g/mol. The van der Waals surface area contributed by atoms with Crippen LogP contribution in [0.15, 0.2) is 23.2 Å². The molecule has 0 spiro atoms. The minimum absolute atomic E-state index is 0.147. The van der Waals surface area contributed by atoms with E-state index in [4.69, 9.17) is 4.99 Å². The molecule has 1 fully saturated rings. The van der Waals surface area contributed by atoms with Crippen molar-refractivity contribution in [2.24, 2.45) is 10.9 Å². The van der Waals surface area contributed by atoms with Gasteiger partial charge in [-0.15, -0.1) is 0 Å². The molecule has 18 heavy (non-hydrogen) atoms. The molecule has 0 saturated carbocycles. The van der Waals surface area contributed by atoms with Gasteiger partial charge in [0.25, 0.3) is 0 Å². The first kappa shape index (κ1) is 11.8. The molecule has 0 N–H and O–H groups in total. The first-order chi connectivity index (χ1) is 8.76. The van der Waals surface area contributed by atoms with E-state index in [0.717, 1.165) is 24.2 Å². The maximum atomic E-state index is 13.2. The summed E-state index contributed by atoms with van der Waals surface area (Å²) in [5.74, 6) is 0.453. The predicted molar refractivity (Wildman–Crippen MR) is 72.0 cm³/mol. The average Bonchev–Trinajstić information content (AvgIpc) is 2.81. The third-order valence-electron chi connectivity index (χ3n) is 4.18. The molecule has 0 atom stereocenters. The van der Waals surface area contributed by atoms with Crippen molar-refractivity contribution < 1.29 is 4.39 Å². The molecule has 1 aromatic carbocycles. The van der Waals surface area contributed by atoms with E-state index in [1.165, 1.54) is 37.7 Å². The van der Waals surface area contributed by atoms with Crippen LogP contribution < -0.4 is 0 Å². The lowest BCUT2D eigenvalue weighted by Crippen LogP contribution is -2.36. The van der Waals surface area contributed by atoms with Crippen LogP contribution in [0.25, 0.3) is 0 Å². The molecule has 0 aromatic heterocycles. The second kappa shape index (κ2) is 4.81. The summed E-state index contributed by atoms with van der Waals surface area (Å²) < 4.78 is 13.2. The molecule has 2 aliphatic heterocycles. The summed E-state index contributed by atoms with van der Waals surface area (Å²) in [5.41, 5.74) is 3.30. The largest absolute Gasteiger partial charge is 0.304 e. The Morgan fingerprint density at radius 1 is 1.33 bits per heavy atom. The summed E-state index contributed by atoms with van der Waals surface area (Å²) in [6.07, 6.45) is 3.25. The Kier molecular flexibility index (Phi) is 3.16. The summed E-state index contributed by atoms with van der Waals surface area (Å²) in [4.78, 5) is 7.18. The predicted octanol–water partition coefficient (Wildman–Crippen LogP) is 3.19. The molecule has 3 rings (SSSR count). The molecule has 0 amide bonds. The fourth-order valence-corrected chi connectivity index (χ4v) is 3.01. The van der Waals surface area contributed by atoms with E-state index >= 15 is 0 Å². The van der Waals surface area contributed by atoms with Gasteiger partial charge >= 0.3 is 0 Å². The number of likely N-dealkylation sites (tertiary alicyclic amines) is 1. The number of benzene rings is 1. The van der Waals surface area contributed by atoms with Crippen molar-refractivity contribution in [2.75, 3.05) is 19.6 Å². The van der Waals surface area contributed by atoms with Crippen LogP contribution >= 0.6 is 0 Å². The minimum atomic E-state index is -0.147. The van der Waals surface area contributed by atoms with E-state index < -0.39 is 0 Å². The van der Waals surface area contributed by atoms with Gasteiger partial charge in [-0.05, 0) is 56.2 Å². The number of hydrogen-bond acceptors (Lipinski definition) is 2. The Labute approximate surface area is 108 Å². The number of rotatable bonds is 2. The van der Waals surface area contributed by atoms with Crippen molar-refractivity contribution in [3.8, 4) is 0 Å². The monoisotopic (exact) mass is 246 g/mol. The van der Waals surface area contributed by atoms with Crippen LogP contribution in [-0.2, 0) is 6.42 Å². The second-order valence-corrected chi connectivity index (χ2v) is 5.26. The number of nitrogens with zero attached hydrogens (tertiary/aromatic N) is 2. The van der Waals surface area contributed by atoms with Gasteiger partial charge in [-0.2, -0.15) is 0 Å². The van der Waals surface area contributed by atoms with Crippen LogP contribution in [0.2, 0.25) is 0 Å². The van der Waals surface area contributed by atoms with Gasteiger partial charge in [0.05, 0.1) is 5.69 Å². The molecule has 0 radical (unpaired) electrons. The molecular weight excluding hydrogens is 227 g/mol. The van der Waals surface area contributed by atoms with Crippen LogP contribution in [0.3, 0.4) is 0 Å². The molecule has 0 unspecified atom stereocenters. The van der Waals surface area contributed by atoms with Gasteiger partial charge in [0.1, 0.15) is 5.82 Å². The number of aliphatic imine (C=N–C) groups is 1. The smallest absolute Gasteiger partial charge is 0.123 e. The van der Waals surface area contributed by atoms with Crippen molar-refractivity contribution >= 4 is 11.4 Å². The summed E-state index contributed by atoms with van der Waals surface area (Å²) in [5, 5.41) is 0. The van der Waals surface area contributed by atoms with Crippen LogP contribution in [0, 0.1) is 11.7 Å². The van der Waals surface area contributed by atoms with Gasteiger partial charge in [-0.1, -0.05) is 6.92 Å². The van der Waals surface area contributed by atoms with E-state index in [2.05, 4.69) is 11.8 Å². The molecule has 0 aliphatic carbocycles. The van der Waals surface area contributed by atoms with Crippen molar-refractivity contribution in [1.29, 1.82) is 0 Å². The molecule has 2 heterocycles. The lowest BCUT2D eigenvalue weighted by atomic mass is 9.90. The highest BCUT2D eigenvalue weighted by Crippen LogP contribution is 2.32. The maximum Gasteiger partial charge on any atom is 0.123 e. The van der Waals surface area contributed by atoms with Gasteiger partial charge < -0.3 is 4.90 Å². The molecular formula is C15H19FN2. The number of hydrogen-bond donors (Lipinski definition) is 0. The number of halogens is 1. The third kappa shape index (κ3) is 2.19. The molecule has 2 aliphatic rings. The SMILES string of the molecule is CCN1CCC(C2=Nc3ccc(F)cc3C2)CC1. The van der Waals surface area contributed by atoms with Crippen LogP contribution in [0.1, 0.15) is 25.3 Å². The first-order valence-electron chi connectivity index (χ1n) is 6.84. The van der Waals surface area contributed by atoms with Crippen LogP contribution in [-0.4, -0.2) is 30.2 Å². The fourth-order valence-electron chi connectivity index (χ4n) is 3.01. The van der Waals surface area contributed by atoms with E-state index in [9.17, 15) is 4.39 Å². The zero-order valence-electron chi connectivity index (χ0n) is 10.8. The maximum absolute atomic E-state index is 13.2. The Balaban J connectivity index is 1.70. The summed E-state index contributed by atoms with van der Waals surface area (Å²) in [6.45, 7) is 5.70. The first-order valence-corrected chi connectivity index (χ1v) is 6.84. The second-order valence-electron chi connectivity index (χ2n) is 5.26. The highest BCUT2D eigenvalue weighted by molar-refractivity contribution is 5.95. The summed E-state index contributed by atoms with van der Waals surface area (Å²) in [6, 6.07) is 4.94. The molecule has 3 heteroatoms. The number of piperidine rings is 1. The van der Waals surface area contributed by atoms with Crippen molar-refractivity contribution in [3.63, 3.8) is 0 Å².